The van der Waals surface area contributed by atoms with Gasteiger partial charge in [-0.25, -0.2) is 4.79 Å². The van der Waals surface area contributed by atoms with Gasteiger partial charge < -0.3 is 15.4 Å². The molecule has 11 heteroatoms. The van der Waals surface area contributed by atoms with E-state index in [0.717, 1.165) is 18.7 Å². The number of nitrogens with zero attached hydrogens (tertiary/aromatic N) is 5. The summed E-state index contributed by atoms with van der Waals surface area (Å²) in [5.74, 6) is 0.460. The zero-order valence-electron chi connectivity index (χ0n) is 17.4. The van der Waals surface area contributed by atoms with Gasteiger partial charge in [0.15, 0.2) is 5.82 Å². The van der Waals surface area contributed by atoms with Crippen LogP contribution in [-0.4, -0.2) is 63.5 Å². The molecule has 2 amide bonds. The van der Waals surface area contributed by atoms with Crippen molar-refractivity contribution in [3.63, 3.8) is 0 Å². The number of amides is 2. The first kappa shape index (κ1) is 22.7. The molecule has 1 saturated heterocycles. The second-order valence-electron chi connectivity index (χ2n) is 8.21. The van der Waals surface area contributed by atoms with Gasteiger partial charge in [-0.05, 0) is 43.7 Å². The Morgan fingerprint density at radius 3 is 2.77 bits per heavy atom. The van der Waals surface area contributed by atoms with Crippen molar-refractivity contribution in [2.75, 3.05) is 26.2 Å². The Labute approximate surface area is 186 Å². The van der Waals surface area contributed by atoms with E-state index in [9.17, 15) is 4.79 Å². The fourth-order valence-corrected chi connectivity index (χ4v) is 3.29. The summed E-state index contributed by atoms with van der Waals surface area (Å²) in [7, 11) is 0. The topological polar surface area (TPSA) is 97.2 Å². The number of carbonyl (C=O) groups excluding carboxylic acids is 1. The van der Waals surface area contributed by atoms with E-state index in [1.165, 1.54) is 4.80 Å². The third kappa shape index (κ3) is 6.53. The minimum absolute atomic E-state index is 0.0906. The monoisotopic (exact) mass is 455 g/mol. The van der Waals surface area contributed by atoms with E-state index in [4.69, 9.17) is 27.9 Å². The molecule has 0 aliphatic carbocycles. The zero-order chi connectivity index (χ0) is 21.7. The van der Waals surface area contributed by atoms with E-state index in [-0.39, 0.29) is 24.2 Å². The molecule has 2 aromatic rings. The third-order valence-electron chi connectivity index (χ3n) is 4.57. The number of carbonyl (C=O) groups is 1. The van der Waals surface area contributed by atoms with E-state index in [1.54, 1.807) is 6.07 Å². The highest BCUT2D eigenvalue weighted by Crippen LogP contribution is 2.23. The van der Waals surface area contributed by atoms with Crippen LogP contribution in [0.5, 0.6) is 0 Å². The summed E-state index contributed by atoms with van der Waals surface area (Å²) in [6.07, 6.45) is -0.0906. The lowest BCUT2D eigenvalue weighted by Crippen LogP contribution is -2.48. The lowest BCUT2D eigenvalue weighted by Gasteiger charge is -2.33. The molecule has 1 atom stereocenters. The summed E-state index contributed by atoms with van der Waals surface area (Å²) < 4.78 is 5.77. The number of aromatic nitrogens is 4. The maximum Gasteiger partial charge on any atom is 0.315 e. The molecule has 2 heterocycles. The molecular formula is C19H27Cl2N7O2. The Kier molecular flexibility index (Phi) is 7.51. The largest absolute Gasteiger partial charge is 0.374 e. The number of hydrogen-bond acceptors (Lipinski definition) is 6. The van der Waals surface area contributed by atoms with Crippen LogP contribution in [-0.2, 0) is 23.4 Å². The number of urea groups is 1. The van der Waals surface area contributed by atoms with Gasteiger partial charge in [0.05, 0.1) is 34.8 Å². The van der Waals surface area contributed by atoms with Crippen molar-refractivity contribution >= 4 is 29.2 Å². The number of nitrogens with one attached hydrogen (secondary N) is 2. The predicted molar refractivity (Wildman–Crippen MR) is 115 cm³/mol. The lowest BCUT2D eigenvalue weighted by molar-refractivity contribution is -0.0287. The second-order valence-corrected chi connectivity index (χ2v) is 9.02. The Morgan fingerprint density at radius 1 is 1.27 bits per heavy atom. The zero-order valence-corrected chi connectivity index (χ0v) is 18.9. The standard InChI is InChI=1S/C19H27Cl2N7O2/c1-19(2,3)28-25-17(24-26-28)10-23-18(29)22-9-14-12-27(6-7-30-14)11-13-4-5-15(20)16(21)8-13/h4-5,8,14H,6-7,9-12H2,1-3H3,(H2,22,23,29)/t14-/m0/s1. The molecule has 1 aliphatic heterocycles. The van der Waals surface area contributed by atoms with Crippen molar-refractivity contribution < 1.29 is 9.53 Å². The van der Waals surface area contributed by atoms with Crippen molar-refractivity contribution in [2.45, 2.75) is 45.5 Å². The molecule has 30 heavy (non-hydrogen) atoms. The third-order valence-corrected chi connectivity index (χ3v) is 5.30. The molecule has 9 nitrogen and oxygen atoms in total. The molecule has 2 N–H and O–H groups in total. The van der Waals surface area contributed by atoms with E-state index in [1.807, 2.05) is 32.9 Å². The van der Waals surface area contributed by atoms with Gasteiger partial charge in [-0.2, -0.15) is 4.80 Å². The highest BCUT2D eigenvalue weighted by molar-refractivity contribution is 6.42. The Hall–Kier alpha value is -1.94. The molecule has 0 bridgehead atoms. The van der Waals surface area contributed by atoms with Crippen LogP contribution < -0.4 is 10.6 Å². The molecule has 0 unspecified atom stereocenters. The molecule has 1 aromatic heterocycles. The second kappa shape index (κ2) is 9.91. The number of ether oxygens (including phenoxy) is 1. The van der Waals surface area contributed by atoms with Crippen LogP contribution in [0.3, 0.4) is 0 Å². The van der Waals surface area contributed by atoms with Crippen LogP contribution in [0.25, 0.3) is 0 Å². The van der Waals surface area contributed by atoms with E-state index in [2.05, 4.69) is 30.9 Å². The summed E-state index contributed by atoms with van der Waals surface area (Å²) in [4.78, 5) is 15.9. The fraction of sp³-hybridized carbons (Fsp3) is 0.579. The van der Waals surface area contributed by atoms with Crippen molar-refractivity contribution in [3.05, 3.63) is 39.6 Å². The minimum Gasteiger partial charge on any atom is -0.374 e. The Morgan fingerprint density at radius 2 is 2.07 bits per heavy atom. The maximum absolute atomic E-state index is 12.1. The van der Waals surface area contributed by atoms with Gasteiger partial charge in [-0.1, -0.05) is 29.3 Å². The van der Waals surface area contributed by atoms with E-state index in [0.29, 0.717) is 35.6 Å². The van der Waals surface area contributed by atoms with E-state index >= 15 is 0 Å². The number of benzene rings is 1. The Balaban J connectivity index is 1.41. The van der Waals surface area contributed by atoms with Crippen LogP contribution in [0.15, 0.2) is 18.2 Å². The van der Waals surface area contributed by atoms with Crippen LogP contribution >= 0.6 is 23.2 Å². The van der Waals surface area contributed by atoms with Crippen LogP contribution in [0.2, 0.25) is 10.0 Å². The summed E-state index contributed by atoms with van der Waals surface area (Å²) >= 11 is 12.1. The molecule has 1 aliphatic rings. The summed E-state index contributed by atoms with van der Waals surface area (Å²) in [6.45, 7) is 9.44. The van der Waals surface area contributed by atoms with Gasteiger partial charge in [-0.3, -0.25) is 4.90 Å². The fourth-order valence-electron chi connectivity index (χ4n) is 2.97. The molecule has 0 radical (unpaired) electrons. The molecule has 0 saturated carbocycles. The average molecular weight is 456 g/mol. The van der Waals surface area contributed by atoms with Crippen molar-refractivity contribution in [1.29, 1.82) is 0 Å². The number of morpholine rings is 1. The summed E-state index contributed by atoms with van der Waals surface area (Å²) in [5.41, 5.74) is 0.834. The summed E-state index contributed by atoms with van der Waals surface area (Å²) in [5, 5.41) is 18.9. The molecule has 1 fully saturated rings. The lowest BCUT2D eigenvalue weighted by atomic mass is 10.1. The predicted octanol–water partition coefficient (Wildman–Crippen LogP) is 2.44. The number of halogens is 2. The minimum atomic E-state index is -0.299. The van der Waals surface area contributed by atoms with E-state index < -0.39 is 0 Å². The molecule has 0 spiro atoms. The number of hydrogen-bond donors (Lipinski definition) is 2. The summed E-state index contributed by atoms with van der Waals surface area (Å²) in [6, 6.07) is 5.35. The molecular weight excluding hydrogens is 429 g/mol. The Bertz CT molecular complexity index is 869. The molecule has 164 valence electrons. The number of tetrazole rings is 1. The first-order valence-electron chi connectivity index (χ1n) is 9.79. The van der Waals surface area contributed by atoms with Gasteiger partial charge in [0.1, 0.15) is 0 Å². The first-order chi connectivity index (χ1) is 14.2. The SMILES string of the molecule is CC(C)(C)n1nnc(CNC(=O)NC[C@H]2CN(Cc3ccc(Cl)c(Cl)c3)CCO2)n1. The van der Waals surface area contributed by atoms with Gasteiger partial charge in [0.25, 0.3) is 0 Å². The number of rotatable bonds is 6. The van der Waals surface area contributed by atoms with Crippen molar-refractivity contribution in [2.24, 2.45) is 0 Å². The highest BCUT2D eigenvalue weighted by Gasteiger charge is 2.22. The normalized spacial score (nSPS) is 17.7. The van der Waals surface area contributed by atoms with Gasteiger partial charge >= 0.3 is 6.03 Å². The van der Waals surface area contributed by atoms with Crippen LogP contribution in [0.4, 0.5) is 4.79 Å². The van der Waals surface area contributed by atoms with Gasteiger partial charge in [-0.15, -0.1) is 10.2 Å². The first-order valence-corrected chi connectivity index (χ1v) is 10.6. The highest BCUT2D eigenvalue weighted by atomic mass is 35.5. The van der Waals surface area contributed by atoms with Crippen molar-refractivity contribution in [3.8, 4) is 0 Å². The van der Waals surface area contributed by atoms with Gasteiger partial charge in [0.2, 0.25) is 0 Å². The maximum atomic E-state index is 12.1. The van der Waals surface area contributed by atoms with Gasteiger partial charge in [0, 0.05) is 26.2 Å². The van der Waals surface area contributed by atoms with Crippen LogP contribution in [0.1, 0.15) is 32.2 Å². The van der Waals surface area contributed by atoms with Crippen LogP contribution in [0, 0.1) is 0 Å². The quantitative estimate of drug-likeness (QED) is 0.693. The molecule has 3 rings (SSSR count). The average Bonchev–Trinajstić information content (AvgIpc) is 3.18. The molecule has 1 aromatic carbocycles. The smallest absolute Gasteiger partial charge is 0.315 e. The van der Waals surface area contributed by atoms with Crippen molar-refractivity contribution in [1.82, 2.24) is 35.7 Å².